The molecule has 3 heterocycles. The van der Waals surface area contributed by atoms with Gasteiger partial charge in [-0.05, 0) is 70.1 Å². The van der Waals surface area contributed by atoms with Crippen molar-refractivity contribution in [3.05, 3.63) is 62.0 Å². The van der Waals surface area contributed by atoms with E-state index in [0.29, 0.717) is 25.3 Å². The van der Waals surface area contributed by atoms with Crippen LogP contribution in [0.3, 0.4) is 0 Å². The largest absolute Gasteiger partial charge is 0.464 e. The molecule has 6 nitrogen and oxygen atoms in total. The van der Waals surface area contributed by atoms with Crippen LogP contribution >= 0.6 is 0 Å². The number of piperidine rings is 1. The van der Waals surface area contributed by atoms with Crippen LogP contribution in [0.4, 0.5) is 0 Å². The summed E-state index contributed by atoms with van der Waals surface area (Å²) >= 11 is 0. The number of nitrogens with one attached hydrogen (secondary N) is 1. The maximum absolute atomic E-state index is 13.1. The fraction of sp³-hybridized carbons (Fsp3) is 0.480. The maximum Gasteiger partial charge on any atom is 0.254 e. The predicted octanol–water partition coefficient (Wildman–Crippen LogP) is 3.80. The molecule has 1 saturated heterocycles. The fourth-order valence-corrected chi connectivity index (χ4v) is 5.63. The lowest BCUT2D eigenvalue weighted by Crippen LogP contribution is -2.45. The summed E-state index contributed by atoms with van der Waals surface area (Å²) in [5.41, 5.74) is 7.13. The standard InChI is InChI=1S/C25H29N3O3/c1-14-11-15(2)21-18(13-31-22(21)16(14)3)12-20(29)28-9-7-25(8-10-28)6-5-19-23(25)26-17(4)27-24(19)30/h11,13H,5-10,12H2,1-4H3,(H,26,27,30). The number of carbonyl (C=O) groups excluding carboxylic acids is 1. The Morgan fingerprint density at radius 1 is 1.16 bits per heavy atom. The number of nitrogens with zero attached hydrogens (tertiary/aromatic N) is 2. The van der Waals surface area contributed by atoms with Crippen LogP contribution in [0.15, 0.2) is 21.5 Å². The van der Waals surface area contributed by atoms with Gasteiger partial charge in [0.15, 0.2) is 0 Å². The average molecular weight is 420 g/mol. The molecule has 6 heteroatoms. The highest BCUT2D eigenvalue weighted by molar-refractivity contribution is 5.92. The summed E-state index contributed by atoms with van der Waals surface area (Å²) in [6.45, 7) is 9.49. The van der Waals surface area contributed by atoms with Gasteiger partial charge in [-0.25, -0.2) is 4.98 Å². The third kappa shape index (κ3) is 3.11. The SMILES string of the molecule is Cc1nc2c(c(=O)[nH]1)CCC21CCN(C(=O)Cc2coc3c(C)c(C)cc(C)c23)CC1. The van der Waals surface area contributed by atoms with Gasteiger partial charge in [0.05, 0.1) is 18.4 Å². The summed E-state index contributed by atoms with van der Waals surface area (Å²) in [6, 6.07) is 2.17. The zero-order valence-electron chi connectivity index (χ0n) is 18.7. The second-order valence-electron chi connectivity index (χ2n) is 9.42. The first-order valence-corrected chi connectivity index (χ1v) is 11.1. The third-order valence-electron chi connectivity index (χ3n) is 7.53. The minimum Gasteiger partial charge on any atom is -0.464 e. The molecule has 31 heavy (non-hydrogen) atoms. The van der Waals surface area contributed by atoms with Gasteiger partial charge in [-0.1, -0.05) is 6.07 Å². The topological polar surface area (TPSA) is 79.2 Å². The minimum absolute atomic E-state index is 0.00520. The molecule has 1 spiro atoms. The van der Waals surface area contributed by atoms with Crippen LogP contribution in [0.2, 0.25) is 0 Å². The highest BCUT2D eigenvalue weighted by atomic mass is 16.3. The summed E-state index contributed by atoms with van der Waals surface area (Å²) in [5, 5.41) is 1.08. The minimum atomic E-state index is -0.0568. The van der Waals surface area contributed by atoms with E-state index in [9.17, 15) is 9.59 Å². The number of benzene rings is 1. The van der Waals surface area contributed by atoms with Crippen molar-refractivity contribution >= 4 is 16.9 Å². The van der Waals surface area contributed by atoms with Gasteiger partial charge in [-0.2, -0.15) is 0 Å². The summed E-state index contributed by atoms with van der Waals surface area (Å²) in [5.74, 6) is 0.819. The number of amides is 1. The van der Waals surface area contributed by atoms with Crippen LogP contribution in [-0.4, -0.2) is 33.9 Å². The number of likely N-dealkylation sites (tertiary alicyclic amines) is 1. The Morgan fingerprint density at radius 2 is 1.90 bits per heavy atom. The zero-order chi connectivity index (χ0) is 21.9. The highest BCUT2D eigenvalue weighted by Gasteiger charge is 2.44. The fourth-order valence-electron chi connectivity index (χ4n) is 5.63. The maximum atomic E-state index is 13.1. The van der Waals surface area contributed by atoms with Gasteiger partial charge >= 0.3 is 0 Å². The van der Waals surface area contributed by atoms with Crippen LogP contribution in [0.25, 0.3) is 11.0 Å². The molecule has 0 radical (unpaired) electrons. The second kappa shape index (κ2) is 7.08. The highest BCUT2D eigenvalue weighted by Crippen LogP contribution is 2.44. The van der Waals surface area contributed by atoms with Gasteiger partial charge in [0.1, 0.15) is 11.4 Å². The van der Waals surface area contributed by atoms with Crippen molar-refractivity contribution in [3.63, 3.8) is 0 Å². The van der Waals surface area contributed by atoms with Gasteiger partial charge in [-0.3, -0.25) is 9.59 Å². The van der Waals surface area contributed by atoms with Crippen LogP contribution in [0.1, 0.15) is 58.6 Å². The van der Waals surface area contributed by atoms with Gasteiger partial charge in [0.25, 0.3) is 5.56 Å². The Labute approximate surface area is 181 Å². The number of hydrogen-bond donors (Lipinski definition) is 1. The molecule has 1 N–H and O–H groups in total. The molecule has 1 aromatic carbocycles. The number of carbonyl (C=O) groups is 1. The van der Waals surface area contributed by atoms with Crippen molar-refractivity contribution in [1.82, 2.24) is 14.9 Å². The molecule has 0 saturated carbocycles. The molecular weight excluding hydrogens is 390 g/mol. The number of H-pyrrole nitrogens is 1. The van der Waals surface area contributed by atoms with Crippen molar-refractivity contribution in [2.75, 3.05) is 13.1 Å². The number of aromatic amines is 1. The lowest BCUT2D eigenvalue weighted by molar-refractivity contribution is -0.132. The smallest absolute Gasteiger partial charge is 0.254 e. The Balaban J connectivity index is 1.34. The van der Waals surface area contributed by atoms with Gasteiger partial charge in [-0.15, -0.1) is 0 Å². The van der Waals surface area contributed by atoms with Crippen LogP contribution in [-0.2, 0) is 23.1 Å². The molecule has 1 aliphatic heterocycles. The number of aromatic nitrogens is 2. The zero-order valence-corrected chi connectivity index (χ0v) is 18.7. The number of aryl methyl sites for hydroxylation is 4. The van der Waals surface area contributed by atoms with Crippen LogP contribution < -0.4 is 5.56 Å². The lowest BCUT2D eigenvalue weighted by atomic mass is 9.76. The van der Waals surface area contributed by atoms with E-state index in [1.54, 1.807) is 6.26 Å². The molecule has 1 amide bonds. The molecule has 2 aromatic heterocycles. The van der Waals surface area contributed by atoms with E-state index in [1.807, 2.05) is 11.8 Å². The number of rotatable bonds is 2. The average Bonchev–Trinajstić information content (AvgIpc) is 3.30. The van der Waals surface area contributed by atoms with E-state index in [4.69, 9.17) is 9.40 Å². The van der Waals surface area contributed by atoms with Crippen molar-refractivity contribution in [2.45, 2.75) is 65.2 Å². The summed E-state index contributed by atoms with van der Waals surface area (Å²) in [6.07, 6.45) is 5.58. The summed E-state index contributed by atoms with van der Waals surface area (Å²) in [7, 11) is 0. The van der Waals surface area contributed by atoms with Crippen molar-refractivity contribution in [1.29, 1.82) is 0 Å². The third-order valence-corrected chi connectivity index (χ3v) is 7.53. The number of hydrogen-bond acceptors (Lipinski definition) is 4. The second-order valence-corrected chi connectivity index (χ2v) is 9.42. The van der Waals surface area contributed by atoms with E-state index < -0.39 is 0 Å². The number of furan rings is 1. The molecule has 1 aliphatic carbocycles. The van der Waals surface area contributed by atoms with Crippen molar-refractivity contribution in [2.24, 2.45) is 0 Å². The predicted molar refractivity (Wildman–Crippen MR) is 120 cm³/mol. The van der Waals surface area contributed by atoms with Gasteiger partial charge in [0, 0.05) is 35.0 Å². The van der Waals surface area contributed by atoms with Gasteiger partial charge in [0.2, 0.25) is 5.91 Å². The summed E-state index contributed by atoms with van der Waals surface area (Å²) < 4.78 is 5.86. The van der Waals surface area contributed by atoms with E-state index >= 15 is 0 Å². The first-order chi connectivity index (χ1) is 14.8. The monoisotopic (exact) mass is 419 g/mol. The van der Waals surface area contributed by atoms with E-state index in [0.717, 1.165) is 64.6 Å². The molecule has 162 valence electrons. The van der Waals surface area contributed by atoms with E-state index in [2.05, 4.69) is 31.8 Å². The normalized spacial score (nSPS) is 17.5. The van der Waals surface area contributed by atoms with Crippen molar-refractivity contribution in [3.8, 4) is 0 Å². The lowest BCUT2D eigenvalue weighted by Gasteiger charge is -2.39. The Bertz CT molecular complexity index is 1260. The van der Waals surface area contributed by atoms with Crippen LogP contribution in [0, 0.1) is 27.7 Å². The molecule has 0 unspecified atom stereocenters. The summed E-state index contributed by atoms with van der Waals surface area (Å²) in [4.78, 5) is 35.0. The molecule has 0 bridgehead atoms. The Kier molecular flexibility index (Phi) is 4.57. The molecular formula is C25H29N3O3. The van der Waals surface area contributed by atoms with E-state index in [-0.39, 0.29) is 16.9 Å². The Morgan fingerprint density at radius 3 is 2.65 bits per heavy atom. The molecule has 1 fully saturated rings. The Hall–Kier alpha value is -2.89. The molecule has 5 rings (SSSR count). The molecule has 2 aliphatic rings. The van der Waals surface area contributed by atoms with E-state index in [1.165, 1.54) is 5.56 Å². The van der Waals surface area contributed by atoms with Crippen molar-refractivity contribution < 1.29 is 9.21 Å². The quantitative estimate of drug-likeness (QED) is 0.685. The van der Waals surface area contributed by atoms with Gasteiger partial charge < -0.3 is 14.3 Å². The first-order valence-electron chi connectivity index (χ1n) is 11.1. The molecule has 0 atom stereocenters. The van der Waals surface area contributed by atoms with Crippen LogP contribution in [0.5, 0.6) is 0 Å². The number of fused-ring (bicyclic) bond motifs is 3. The first kappa shape index (κ1) is 20.0. The molecule has 3 aromatic rings.